The van der Waals surface area contributed by atoms with E-state index in [1.54, 1.807) is 24.3 Å². The summed E-state index contributed by atoms with van der Waals surface area (Å²) < 4.78 is 0. The second-order valence-electron chi connectivity index (χ2n) is 8.91. The topological polar surface area (TPSA) is 116 Å². The molecule has 0 bridgehead atoms. The first-order valence-corrected chi connectivity index (χ1v) is 11.5. The number of carbonyl (C=O) groups is 4. The molecular formula is C30H32N2O4Y-2. The molecule has 0 spiro atoms. The van der Waals surface area contributed by atoms with Crippen molar-refractivity contribution in [1.29, 1.82) is 0 Å². The van der Waals surface area contributed by atoms with Crippen molar-refractivity contribution >= 4 is 23.3 Å². The molecule has 7 heteroatoms. The maximum Gasteiger partial charge on any atom is 0.160 e. The zero-order valence-electron chi connectivity index (χ0n) is 22.7. The molecule has 37 heavy (non-hydrogen) atoms. The average molecular weight is 574 g/mol. The minimum atomic E-state index is -0.881. The third kappa shape index (κ3) is 6.75. The summed E-state index contributed by atoms with van der Waals surface area (Å²) >= 11 is 0. The van der Waals surface area contributed by atoms with E-state index in [-0.39, 0.29) is 61.2 Å². The van der Waals surface area contributed by atoms with Crippen molar-refractivity contribution in [3.8, 4) is 22.3 Å². The van der Waals surface area contributed by atoms with E-state index in [0.29, 0.717) is 11.1 Å². The smallest absolute Gasteiger partial charge is 0.160 e. The number of nitrogens with one attached hydrogen (secondary N) is 2. The summed E-state index contributed by atoms with van der Waals surface area (Å²) in [5.41, 5.74) is 21.7. The molecule has 0 aromatic heterocycles. The second-order valence-corrected chi connectivity index (χ2v) is 8.91. The fourth-order valence-corrected chi connectivity index (χ4v) is 4.45. The molecule has 3 rings (SSSR count). The van der Waals surface area contributed by atoms with Gasteiger partial charge in [0.05, 0.1) is 5.91 Å². The molecule has 0 saturated carbocycles. The molecule has 0 aliphatic rings. The van der Waals surface area contributed by atoms with E-state index in [1.165, 1.54) is 27.8 Å². The van der Waals surface area contributed by atoms with Crippen LogP contribution in [0.4, 0.5) is 0 Å². The summed E-state index contributed by atoms with van der Waals surface area (Å²) in [6.07, 6.45) is 0. The van der Waals surface area contributed by atoms with E-state index >= 15 is 0 Å². The number of hydrogen-bond acceptors (Lipinski definition) is 4. The molecule has 1 amide bonds. The van der Waals surface area contributed by atoms with Gasteiger partial charge < -0.3 is 16.3 Å². The number of ketones is 3. The minimum Gasteiger partial charge on any atom is -0.680 e. The van der Waals surface area contributed by atoms with Crippen LogP contribution in [0.25, 0.3) is 33.7 Å². The van der Waals surface area contributed by atoms with Crippen LogP contribution in [0, 0.1) is 27.7 Å². The predicted molar refractivity (Wildman–Crippen MR) is 145 cm³/mol. The van der Waals surface area contributed by atoms with E-state index < -0.39 is 5.91 Å². The molecule has 3 aromatic carbocycles. The monoisotopic (exact) mass is 573 g/mol. The van der Waals surface area contributed by atoms with Crippen LogP contribution >= 0.6 is 0 Å². The Labute approximate surface area is 244 Å². The average Bonchev–Trinajstić information content (AvgIpc) is 2.81. The zero-order chi connectivity index (χ0) is 27.5. The van der Waals surface area contributed by atoms with Crippen molar-refractivity contribution in [3.05, 3.63) is 92.4 Å². The molecule has 2 N–H and O–H groups in total. The van der Waals surface area contributed by atoms with Gasteiger partial charge in [-0.3, -0.25) is 14.4 Å². The first-order chi connectivity index (χ1) is 16.8. The first-order valence-electron chi connectivity index (χ1n) is 11.5. The van der Waals surface area contributed by atoms with Crippen molar-refractivity contribution in [3.63, 3.8) is 0 Å². The number of aryl methyl sites for hydroxylation is 4. The number of Topliss-reactive ketones (excluding diaryl/α,β-unsaturated/α-hetero) is 3. The van der Waals surface area contributed by atoms with E-state index in [2.05, 4.69) is 0 Å². The SMILES string of the molecule is CC(=O)c1cc(C)c(-c2cc(C)c(-c3cc(C(C)=O)c(C([NH-])=O)cc3C)cc2C)cc1C(C)=O.C[NH-].[Y]. The Bertz CT molecular complexity index is 1300. The van der Waals surface area contributed by atoms with Crippen LogP contribution in [0.5, 0.6) is 0 Å². The summed E-state index contributed by atoms with van der Waals surface area (Å²) in [6.45, 7) is 12.0. The largest absolute Gasteiger partial charge is 0.680 e. The maximum atomic E-state index is 12.2. The van der Waals surface area contributed by atoms with Crippen LogP contribution < -0.4 is 0 Å². The van der Waals surface area contributed by atoms with E-state index in [4.69, 9.17) is 11.5 Å². The summed E-state index contributed by atoms with van der Waals surface area (Å²) in [4.78, 5) is 48.2. The van der Waals surface area contributed by atoms with Crippen molar-refractivity contribution in [1.82, 2.24) is 0 Å². The minimum absolute atomic E-state index is 0. The van der Waals surface area contributed by atoms with Crippen LogP contribution in [-0.2, 0) is 32.7 Å². The first kappa shape index (κ1) is 32.2. The molecule has 191 valence electrons. The Morgan fingerprint density at radius 1 is 0.486 bits per heavy atom. The van der Waals surface area contributed by atoms with Crippen LogP contribution in [0.2, 0.25) is 0 Å². The Balaban J connectivity index is 0.00000223. The van der Waals surface area contributed by atoms with Gasteiger partial charge in [0.15, 0.2) is 17.3 Å². The van der Waals surface area contributed by atoms with Gasteiger partial charge in [-0.2, -0.15) is 7.05 Å². The molecule has 0 atom stereocenters. The summed E-state index contributed by atoms with van der Waals surface area (Å²) in [6, 6.07) is 10.9. The number of amides is 1. The predicted octanol–water partition coefficient (Wildman–Crippen LogP) is 7.72. The Morgan fingerprint density at radius 3 is 1.05 bits per heavy atom. The Kier molecular flexibility index (Phi) is 11.4. The maximum absolute atomic E-state index is 12.2. The van der Waals surface area contributed by atoms with E-state index in [9.17, 15) is 19.2 Å². The molecule has 0 saturated heterocycles. The van der Waals surface area contributed by atoms with Crippen LogP contribution in [0.15, 0.2) is 36.4 Å². The molecule has 1 radical (unpaired) electrons. The number of hydrogen-bond donors (Lipinski definition) is 0. The van der Waals surface area contributed by atoms with Gasteiger partial charge in [0, 0.05) is 55.0 Å². The van der Waals surface area contributed by atoms with Gasteiger partial charge in [-0.15, -0.1) is 0 Å². The molecule has 6 nitrogen and oxygen atoms in total. The van der Waals surface area contributed by atoms with Gasteiger partial charge in [0.2, 0.25) is 0 Å². The Morgan fingerprint density at radius 2 is 0.730 bits per heavy atom. The molecule has 0 fully saturated rings. The Hall–Kier alpha value is -2.80. The van der Waals surface area contributed by atoms with Crippen molar-refractivity contribution in [2.24, 2.45) is 0 Å². The second kappa shape index (κ2) is 13.1. The normalized spacial score (nSPS) is 10.1. The fourth-order valence-electron chi connectivity index (χ4n) is 4.45. The zero-order valence-corrected chi connectivity index (χ0v) is 25.5. The van der Waals surface area contributed by atoms with Crippen molar-refractivity contribution in [2.45, 2.75) is 48.5 Å². The quantitative estimate of drug-likeness (QED) is 0.281. The number of benzene rings is 3. The third-order valence-corrected chi connectivity index (χ3v) is 6.26. The van der Waals surface area contributed by atoms with E-state index in [1.807, 2.05) is 39.8 Å². The van der Waals surface area contributed by atoms with Crippen molar-refractivity contribution < 1.29 is 51.9 Å². The number of carbonyl (C=O) groups excluding carboxylic acids is 4. The molecular weight excluding hydrogens is 541 g/mol. The van der Waals surface area contributed by atoms with Crippen LogP contribution in [-0.4, -0.2) is 30.3 Å². The van der Waals surface area contributed by atoms with Gasteiger partial charge in [-0.05, 0) is 117 Å². The van der Waals surface area contributed by atoms with Crippen molar-refractivity contribution in [2.75, 3.05) is 7.05 Å². The van der Waals surface area contributed by atoms with E-state index in [0.717, 1.165) is 44.5 Å². The number of rotatable bonds is 6. The standard InChI is InChI=1S/C29H29NO4.CH4N.Y/c1-14-9-22(24-13-27(20(7)33)28(29(30)34)11-17(24)4)15(2)8-21(14)23-12-26(19(6)32)25(18(5)31)10-16(23)3;1-2;/h8-13H,1-7H3,(H2,30,34);2H,1H3;/q;-1;/p-1. The fraction of sp³-hybridized carbons (Fsp3) is 0.267. The molecule has 0 aliphatic carbocycles. The van der Waals surface area contributed by atoms with Gasteiger partial charge in [-0.1, -0.05) is 12.1 Å². The third-order valence-electron chi connectivity index (χ3n) is 6.26. The molecule has 0 unspecified atom stereocenters. The van der Waals surface area contributed by atoms with Gasteiger partial charge in [-0.25, -0.2) is 0 Å². The summed E-state index contributed by atoms with van der Waals surface area (Å²) in [5, 5.41) is 0. The molecule has 0 heterocycles. The van der Waals surface area contributed by atoms with Gasteiger partial charge in [0.25, 0.3) is 0 Å². The van der Waals surface area contributed by atoms with Crippen LogP contribution in [0.1, 0.15) is 84.5 Å². The van der Waals surface area contributed by atoms with Gasteiger partial charge >= 0.3 is 0 Å². The molecule has 3 aromatic rings. The van der Waals surface area contributed by atoms with Crippen LogP contribution in [0.3, 0.4) is 0 Å². The summed E-state index contributed by atoms with van der Waals surface area (Å²) in [5.74, 6) is -1.45. The van der Waals surface area contributed by atoms with Gasteiger partial charge in [0.1, 0.15) is 0 Å². The summed E-state index contributed by atoms with van der Waals surface area (Å²) in [7, 11) is 1.25. The molecule has 0 aliphatic heterocycles.